The Kier molecular flexibility index (Phi) is 5.60. The van der Waals surface area contributed by atoms with Gasteiger partial charge < -0.3 is 9.47 Å². The molecule has 2 rings (SSSR count). The Morgan fingerprint density at radius 1 is 1.42 bits per heavy atom. The molecule has 1 aliphatic carbocycles. The zero-order valence-corrected chi connectivity index (χ0v) is 12.1. The van der Waals surface area contributed by atoms with Gasteiger partial charge in [-0.2, -0.15) is 0 Å². The van der Waals surface area contributed by atoms with E-state index in [2.05, 4.69) is 16.7 Å². The molecule has 1 saturated carbocycles. The highest BCUT2D eigenvalue weighted by molar-refractivity contribution is 5.71. The first-order chi connectivity index (χ1) is 9.22. The molecule has 0 aromatic carbocycles. The fourth-order valence-corrected chi connectivity index (χ4v) is 2.59. The van der Waals surface area contributed by atoms with E-state index < -0.39 is 0 Å². The quantitative estimate of drug-likeness (QED) is 0.638. The molecule has 110 valence electrons. The van der Waals surface area contributed by atoms with E-state index in [0.29, 0.717) is 19.2 Å². The maximum atomic E-state index is 11.6. The molecule has 5 nitrogen and oxygen atoms in total. The van der Waals surface area contributed by atoms with Gasteiger partial charge in [0.1, 0.15) is 0 Å². The van der Waals surface area contributed by atoms with Crippen LogP contribution in [0.4, 0.5) is 0 Å². The van der Waals surface area contributed by atoms with Crippen molar-refractivity contribution in [2.75, 3.05) is 45.9 Å². The average Bonchev–Trinajstić information content (AvgIpc) is 3.23. The van der Waals surface area contributed by atoms with E-state index in [0.717, 1.165) is 32.8 Å². The largest absolute Gasteiger partial charge is 0.465 e. The third-order valence-electron chi connectivity index (χ3n) is 3.81. The number of esters is 1. The number of morpholine rings is 1. The van der Waals surface area contributed by atoms with Gasteiger partial charge in [-0.3, -0.25) is 14.6 Å². The monoisotopic (exact) mass is 270 g/mol. The molecule has 0 amide bonds. The summed E-state index contributed by atoms with van der Waals surface area (Å²) in [6.45, 7) is 9.61. The topological polar surface area (TPSA) is 42.0 Å². The van der Waals surface area contributed by atoms with E-state index in [9.17, 15) is 4.79 Å². The number of hydrogen-bond donors (Lipinski definition) is 0. The molecule has 1 saturated heterocycles. The molecule has 2 fully saturated rings. The fraction of sp³-hybridized carbons (Fsp3) is 0.929. The molecule has 1 atom stereocenters. The van der Waals surface area contributed by atoms with Gasteiger partial charge in [-0.05, 0) is 26.3 Å². The van der Waals surface area contributed by atoms with E-state index in [1.165, 1.54) is 12.8 Å². The van der Waals surface area contributed by atoms with Crippen LogP contribution in [-0.2, 0) is 14.3 Å². The second-order valence-electron chi connectivity index (χ2n) is 5.35. The summed E-state index contributed by atoms with van der Waals surface area (Å²) >= 11 is 0. The number of ether oxygens (including phenoxy) is 2. The van der Waals surface area contributed by atoms with E-state index in [1.54, 1.807) is 0 Å². The van der Waals surface area contributed by atoms with Crippen LogP contribution in [0.25, 0.3) is 0 Å². The van der Waals surface area contributed by atoms with Crippen molar-refractivity contribution in [3.63, 3.8) is 0 Å². The standard InChI is InChI=1S/C14H26N2O3/c1-3-15-7-8-19-13(9-15)10-16(12-5-6-12)11-14(17)18-4-2/h12-13H,3-11H2,1-2H3. The van der Waals surface area contributed by atoms with Crippen LogP contribution in [-0.4, -0.2) is 73.9 Å². The Morgan fingerprint density at radius 3 is 2.84 bits per heavy atom. The van der Waals surface area contributed by atoms with Crippen LogP contribution in [0.2, 0.25) is 0 Å². The van der Waals surface area contributed by atoms with Crippen LogP contribution in [0.5, 0.6) is 0 Å². The molecule has 2 aliphatic rings. The Bertz CT molecular complexity index is 294. The second-order valence-corrected chi connectivity index (χ2v) is 5.35. The molecular formula is C14H26N2O3. The molecule has 5 heteroatoms. The van der Waals surface area contributed by atoms with Crippen molar-refractivity contribution in [1.29, 1.82) is 0 Å². The summed E-state index contributed by atoms with van der Waals surface area (Å²) in [5.41, 5.74) is 0. The van der Waals surface area contributed by atoms with Gasteiger partial charge in [0.15, 0.2) is 0 Å². The van der Waals surface area contributed by atoms with E-state index in [1.807, 2.05) is 6.92 Å². The first kappa shape index (κ1) is 14.8. The Morgan fingerprint density at radius 2 is 2.21 bits per heavy atom. The van der Waals surface area contributed by atoms with Crippen LogP contribution in [0, 0.1) is 0 Å². The van der Waals surface area contributed by atoms with Crippen molar-refractivity contribution in [3.05, 3.63) is 0 Å². The highest BCUT2D eigenvalue weighted by atomic mass is 16.5. The molecule has 1 heterocycles. The minimum Gasteiger partial charge on any atom is -0.465 e. The van der Waals surface area contributed by atoms with Crippen LogP contribution >= 0.6 is 0 Å². The molecule has 0 aromatic rings. The molecule has 1 aliphatic heterocycles. The summed E-state index contributed by atoms with van der Waals surface area (Å²) in [5.74, 6) is -0.113. The number of nitrogens with zero attached hydrogens (tertiary/aromatic N) is 2. The predicted molar refractivity (Wildman–Crippen MR) is 73.1 cm³/mol. The Labute approximate surface area is 115 Å². The highest BCUT2D eigenvalue weighted by Crippen LogP contribution is 2.27. The van der Waals surface area contributed by atoms with Gasteiger partial charge in [-0.1, -0.05) is 6.92 Å². The van der Waals surface area contributed by atoms with Gasteiger partial charge in [-0.15, -0.1) is 0 Å². The van der Waals surface area contributed by atoms with Gasteiger partial charge in [0.2, 0.25) is 0 Å². The van der Waals surface area contributed by atoms with Gasteiger partial charge in [0, 0.05) is 25.7 Å². The van der Waals surface area contributed by atoms with Gasteiger partial charge in [0.25, 0.3) is 0 Å². The van der Waals surface area contributed by atoms with Crippen LogP contribution in [0.3, 0.4) is 0 Å². The molecular weight excluding hydrogens is 244 g/mol. The summed E-state index contributed by atoms with van der Waals surface area (Å²) in [5, 5.41) is 0. The van der Waals surface area contributed by atoms with Crippen molar-refractivity contribution in [1.82, 2.24) is 9.80 Å². The second kappa shape index (κ2) is 7.22. The number of rotatable bonds is 7. The summed E-state index contributed by atoms with van der Waals surface area (Å²) in [7, 11) is 0. The van der Waals surface area contributed by atoms with Crippen LogP contribution < -0.4 is 0 Å². The summed E-state index contributed by atoms with van der Waals surface area (Å²) in [6.07, 6.45) is 2.62. The predicted octanol–water partition coefficient (Wildman–Crippen LogP) is 0.735. The van der Waals surface area contributed by atoms with Crippen molar-refractivity contribution < 1.29 is 14.3 Å². The Hall–Kier alpha value is -0.650. The zero-order chi connectivity index (χ0) is 13.7. The molecule has 0 N–H and O–H groups in total. The lowest BCUT2D eigenvalue weighted by Crippen LogP contribution is -2.48. The van der Waals surface area contributed by atoms with Gasteiger partial charge in [0.05, 0.1) is 25.9 Å². The lowest BCUT2D eigenvalue weighted by Gasteiger charge is -2.35. The van der Waals surface area contributed by atoms with Crippen molar-refractivity contribution in [2.24, 2.45) is 0 Å². The lowest BCUT2D eigenvalue weighted by atomic mass is 10.2. The smallest absolute Gasteiger partial charge is 0.320 e. The average molecular weight is 270 g/mol. The number of hydrogen-bond acceptors (Lipinski definition) is 5. The number of carbonyl (C=O) groups excluding carboxylic acids is 1. The fourth-order valence-electron chi connectivity index (χ4n) is 2.59. The summed E-state index contributed by atoms with van der Waals surface area (Å²) in [6, 6.07) is 0.560. The van der Waals surface area contributed by atoms with Gasteiger partial charge >= 0.3 is 5.97 Å². The maximum Gasteiger partial charge on any atom is 0.320 e. The molecule has 0 bridgehead atoms. The lowest BCUT2D eigenvalue weighted by molar-refractivity contribution is -0.145. The highest BCUT2D eigenvalue weighted by Gasteiger charge is 2.33. The molecule has 19 heavy (non-hydrogen) atoms. The maximum absolute atomic E-state index is 11.6. The molecule has 0 aromatic heterocycles. The summed E-state index contributed by atoms with van der Waals surface area (Å²) < 4.78 is 10.9. The van der Waals surface area contributed by atoms with Crippen LogP contribution in [0.15, 0.2) is 0 Å². The van der Waals surface area contributed by atoms with E-state index >= 15 is 0 Å². The van der Waals surface area contributed by atoms with Crippen molar-refractivity contribution in [2.45, 2.75) is 38.8 Å². The zero-order valence-electron chi connectivity index (χ0n) is 12.1. The third-order valence-corrected chi connectivity index (χ3v) is 3.81. The van der Waals surface area contributed by atoms with Crippen molar-refractivity contribution >= 4 is 5.97 Å². The SMILES string of the molecule is CCOC(=O)CN(CC1CN(CC)CCO1)C1CC1. The van der Waals surface area contributed by atoms with Crippen molar-refractivity contribution in [3.8, 4) is 0 Å². The Balaban J connectivity index is 1.80. The molecule has 0 radical (unpaired) electrons. The normalized spacial score (nSPS) is 24.7. The molecule has 1 unspecified atom stereocenters. The van der Waals surface area contributed by atoms with Gasteiger partial charge in [-0.25, -0.2) is 0 Å². The van der Waals surface area contributed by atoms with E-state index in [4.69, 9.17) is 9.47 Å². The number of carbonyl (C=O) groups is 1. The minimum absolute atomic E-state index is 0.113. The van der Waals surface area contributed by atoms with E-state index in [-0.39, 0.29) is 12.1 Å². The third kappa shape index (κ3) is 4.75. The first-order valence-electron chi connectivity index (χ1n) is 7.46. The first-order valence-corrected chi connectivity index (χ1v) is 7.46. The van der Waals surface area contributed by atoms with Crippen LogP contribution in [0.1, 0.15) is 26.7 Å². The number of likely N-dealkylation sites (N-methyl/N-ethyl adjacent to an activating group) is 1. The minimum atomic E-state index is -0.113. The molecule has 0 spiro atoms. The summed E-state index contributed by atoms with van der Waals surface area (Å²) in [4.78, 5) is 16.3.